The van der Waals surface area contributed by atoms with E-state index in [1.807, 2.05) is 48.5 Å². The van der Waals surface area contributed by atoms with Gasteiger partial charge in [-0.15, -0.1) is 0 Å². The number of nitrogens with zero attached hydrogens (tertiary/aromatic N) is 2. The van der Waals surface area contributed by atoms with Crippen LogP contribution in [0, 0.1) is 5.82 Å². The smallest absolute Gasteiger partial charge is 0.229 e. The molecule has 1 amide bonds. The summed E-state index contributed by atoms with van der Waals surface area (Å²) >= 11 is 0. The average Bonchev–Trinajstić information content (AvgIpc) is 2.85. The highest BCUT2D eigenvalue weighted by molar-refractivity contribution is 5.87. The lowest BCUT2D eigenvalue weighted by Gasteiger charge is -2.21. The van der Waals surface area contributed by atoms with Gasteiger partial charge in [-0.05, 0) is 47.4 Å². The van der Waals surface area contributed by atoms with Crippen molar-refractivity contribution in [1.29, 1.82) is 0 Å². The van der Waals surface area contributed by atoms with E-state index in [0.717, 1.165) is 22.4 Å². The Kier molecular flexibility index (Phi) is 7.25. The maximum atomic E-state index is 13.6. The lowest BCUT2D eigenvalue weighted by atomic mass is 9.90. The molecule has 34 heavy (non-hydrogen) atoms. The first-order chi connectivity index (χ1) is 16.6. The molecule has 172 valence electrons. The minimum Gasteiger partial charge on any atom is -0.369 e. The van der Waals surface area contributed by atoms with Crippen molar-refractivity contribution in [3.8, 4) is 11.3 Å². The third-order valence-corrected chi connectivity index (χ3v) is 5.61. The third-order valence-electron chi connectivity index (χ3n) is 5.61. The number of pyridine rings is 2. The zero-order chi connectivity index (χ0) is 23.9. The minimum atomic E-state index is -0.756. The molecule has 2 aromatic heterocycles. The normalized spacial score (nSPS) is 11.7. The molecule has 0 saturated heterocycles. The molecule has 2 aromatic carbocycles. The third kappa shape index (κ3) is 5.27. The number of amides is 1. The predicted molar refractivity (Wildman–Crippen MR) is 131 cm³/mol. The minimum absolute atomic E-state index is 0.242. The van der Waals surface area contributed by atoms with E-state index in [1.54, 1.807) is 24.5 Å². The van der Waals surface area contributed by atoms with Crippen molar-refractivity contribution in [2.24, 2.45) is 11.5 Å². The Morgan fingerprint density at radius 3 is 2.53 bits per heavy atom. The second-order valence-electron chi connectivity index (χ2n) is 7.93. The summed E-state index contributed by atoms with van der Waals surface area (Å²) < 4.78 is 13.6. The van der Waals surface area contributed by atoms with Crippen molar-refractivity contribution >= 4 is 11.7 Å². The fourth-order valence-electron chi connectivity index (χ4n) is 4.00. The number of hydrogen-bond acceptors (Lipinski definition) is 5. The number of nitrogens with two attached hydrogens (primary N) is 2. The van der Waals surface area contributed by atoms with Gasteiger partial charge in [0.15, 0.2) is 0 Å². The van der Waals surface area contributed by atoms with E-state index in [9.17, 15) is 9.18 Å². The highest BCUT2D eigenvalue weighted by Crippen LogP contribution is 2.34. The largest absolute Gasteiger partial charge is 0.369 e. The molecule has 1 unspecified atom stereocenters. The van der Waals surface area contributed by atoms with E-state index < -0.39 is 11.8 Å². The monoisotopic (exact) mass is 455 g/mol. The van der Waals surface area contributed by atoms with Crippen molar-refractivity contribution in [2.75, 3.05) is 11.9 Å². The van der Waals surface area contributed by atoms with Crippen molar-refractivity contribution < 1.29 is 9.18 Å². The van der Waals surface area contributed by atoms with Gasteiger partial charge in [-0.2, -0.15) is 0 Å². The predicted octanol–water partition coefficient (Wildman–Crippen LogP) is 4.01. The zero-order valence-electron chi connectivity index (χ0n) is 18.6. The maximum Gasteiger partial charge on any atom is 0.229 e. The number of halogens is 1. The Hall–Kier alpha value is -4.10. The molecule has 0 aliphatic carbocycles. The van der Waals surface area contributed by atoms with Gasteiger partial charge in [-0.1, -0.05) is 48.5 Å². The van der Waals surface area contributed by atoms with Crippen molar-refractivity contribution in [3.63, 3.8) is 0 Å². The van der Waals surface area contributed by atoms with E-state index in [0.29, 0.717) is 29.9 Å². The van der Waals surface area contributed by atoms with Crippen LogP contribution in [-0.4, -0.2) is 22.4 Å². The van der Waals surface area contributed by atoms with Crippen LogP contribution in [0.4, 0.5) is 10.2 Å². The molecule has 7 heteroatoms. The van der Waals surface area contributed by atoms with Crippen molar-refractivity contribution in [1.82, 2.24) is 9.97 Å². The lowest BCUT2D eigenvalue weighted by Crippen LogP contribution is -2.25. The van der Waals surface area contributed by atoms with Crippen LogP contribution in [0.3, 0.4) is 0 Å². The average molecular weight is 456 g/mol. The quantitative estimate of drug-likeness (QED) is 0.353. The Morgan fingerprint density at radius 2 is 1.85 bits per heavy atom. The molecule has 1 atom stereocenters. The van der Waals surface area contributed by atoms with Gasteiger partial charge in [0, 0.05) is 36.6 Å². The van der Waals surface area contributed by atoms with E-state index >= 15 is 0 Å². The molecule has 0 aliphatic heterocycles. The number of hydrogen-bond donors (Lipinski definition) is 3. The van der Waals surface area contributed by atoms with Crippen LogP contribution < -0.4 is 16.8 Å². The molecule has 2 heterocycles. The Labute approximate surface area is 197 Å². The Morgan fingerprint density at radius 1 is 1.03 bits per heavy atom. The summed E-state index contributed by atoms with van der Waals surface area (Å²) in [6.07, 6.45) is 3.84. The van der Waals surface area contributed by atoms with Crippen LogP contribution in [0.1, 0.15) is 28.2 Å². The Bertz CT molecular complexity index is 1260. The van der Waals surface area contributed by atoms with Crippen LogP contribution in [0.25, 0.3) is 11.3 Å². The van der Waals surface area contributed by atoms with Crippen LogP contribution >= 0.6 is 0 Å². The molecule has 0 saturated carbocycles. The van der Waals surface area contributed by atoms with E-state index in [4.69, 9.17) is 16.5 Å². The maximum absolute atomic E-state index is 13.6. The number of benzene rings is 2. The number of nitrogens with one attached hydrogen (secondary N) is 1. The van der Waals surface area contributed by atoms with Gasteiger partial charge in [0.05, 0.1) is 11.6 Å². The van der Waals surface area contributed by atoms with Gasteiger partial charge >= 0.3 is 0 Å². The highest BCUT2D eigenvalue weighted by atomic mass is 19.1. The Balaban J connectivity index is 1.77. The number of primary amides is 1. The standard InChI is InChI=1S/C27H26FN5O/c28-22-10-4-6-18(14-22)11-13-32-27-23(24(26(30)34)20-9-5-12-31-17-20)15-21(16-29)25(33-27)19-7-2-1-3-8-19/h1-10,12,14-15,17,24H,11,13,16,29H2,(H2,30,34)(H,32,33). The number of carbonyl (C=O) groups excluding carboxylic acids is 1. The number of anilines is 1. The van der Waals surface area contributed by atoms with E-state index in [-0.39, 0.29) is 12.4 Å². The van der Waals surface area contributed by atoms with Gasteiger partial charge < -0.3 is 16.8 Å². The fraction of sp³-hybridized carbons (Fsp3) is 0.148. The van der Waals surface area contributed by atoms with E-state index in [2.05, 4.69) is 10.3 Å². The second-order valence-corrected chi connectivity index (χ2v) is 7.93. The van der Waals surface area contributed by atoms with Crippen LogP contribution in [0.5, 0.6) is 0 Å². The van der Waals surface area contributed by atoms with Crippen molar-refractivity contribution in [3.05, 3.63) is 113 Å². The van der Waals surface area contributed by atoms with Crippen molar-refractivity contribution in [2.45, 2.75) is 18.9 Å². The zero-order valence-corrected chi connectivity index (χ0v) is 18.6. The number of aromatic nitrogens is 2. The molecular formula is C27H26FN5O. The summed E-state index contributed by atoms with van der Waals surface area (Å²) in [5, 5.41) is 3.35. The molecule has 0 bridgehead atoms. The number of carbonyl (C=O) groups is 1. The van der Waals surface area contributed by atoms with Crippen LogP contribution in [0.15, 0.2) is 85.2 Å². The summed E-state index contributed by atoms with van der Waals surface area (Å²) in [4.78, 5) is 21.7. The summed E-state index contributed by atoms with van der Waals surface area (Å²) in [7, 11) is 0. The molecule has 0 aliphatic rings. The van der Waals surface area contributed by atoms with Gasteiger partial charge in [0.1, 0.15) is 11.6 Å². The SMILES string of the molecule is NCc1cc(C(C(N)=O)c2cccnc2)c(NCCc2cccc(F)c2)nc1-c1ccccc1. The number of rotatable bonds is 9. The topological polar surface area (TPSA) is 107 Å². The van der Waals surface area contributed by atoms with Crippen LogP contribution in [0.2, 0.25) is 0 Å². The summed E-state index contributed by atoms with van der Waals surface area (Å²) in [6, 6.07) is 21.7. The molecule has 0 fully saturated rings. The van der Waals surface area contributed by atoms with E-state index in [1.165, 1.54) is 12.1 Å². The first kappa shape index (κ1) is 23.1. The van der Waals surface area contributed by atoms with Gasteiger partial charge in [0.2, 0.25) is 5.91 Å². The summed E-state index contributed by atoms with van der Waals surface area (Å²) in [5.41, 5.74) is 16.5. The molecule has 4 aromatic rings. The molecule has 6 nitrogen and oxygen atoms in total. The summed E-state index contributed by atoms with van der Waals surface area (Å²) in [6.45, 7) is 0.727. The van der Waals surface area contributed by atoms with Gasteiger partial charge in [-0.25, -0.2) is 9.37 Å². The van der Waals surface area contributed by atoms with Gasteiger partial charge in [-0.3, -0.25) is 9.78 Å². The van der Waals surface area contributed by atoms with Gasteiger partial charge in [0.25, 0.3) is 0 Å². The molecule has 4 rings (SSSR count). The first-order valence-electron chi connectivity index (χ1n) is 11.0. The van der Waals surface area contributed by atoms with Crippen LogP contribution in [-0.2, 0) is 17.8 Å². The fourth-order valence-corrected chi connectivity index (χ4v) is 4.00. The molecule has 5 N–H and O–H groups in total. The first-order valence-corrected chi connectivity index (χ1v) is 11.0. The molecular weight excluding hydrogens is 429 g/mol. The summed E-state index contributed by atoms with van der Waals surface area (Å²) in [5.74, 6) is -1.02. The molecule has 0 radical (unpaired) electrons. The second kappa shape index (κ2) is 10.7. The highest BCUT2D eigenvalue weighted by Gasteiger charge is 2.26. The molecule has 0 spiro atoms. The lowest BCUT2D eigenvalue weighted by molar-refractivity contribution is -0.118.